The van der Waals surface area contributed by atoms with Gasteiger partial charge in [-0.15, -0.1) is 0 Å². The molecule has 5 nitrogen and oxygen atoms in total. The second kappa shape index (κ2) is 5.69. The zero-order valence-electron chi connectivity index (χ0n) is 12.4. The molecule has 3 rings (SSSR count). The van der Waals surface area contributed by atoms with Crippen molar-refractivity contribution < 1.29 is 0 Å². The average Bonchev–Trinajstić information content (AvgIpc) is 3.31. The Morgan fingerprint density at radius 1 is 1.14 bits per heavy atom. The van der Waals surface area contributed by atoms with E-state index < -0.39 is 0 Å². The van der Waals surface area contributed by atoms with Crippen molar-refractivity contribution >= 4 is 17.3 Å². The third kappa shape index (κ3) is 3.31. The fourth-order valence-electron chi connectivity index (χ4n) is 2.25. The maximum absolute atomic E-state index is 5.50. The van der Waals surface area contributed by atoms with E-state index in [1.165, 1.54) is 5.56 Å². The van der Waals surface area contributed by atoms with Crippen LogP contribution in [-0.2, 0) is 0 Å². The third-order valence-corrected chi connectivity index (χ3v) is 3.66. The molecule has 0 spiro atoms. The molecule has 5 heteroatoms. The van der Waals surface area contributed by atoms with Gasteiger partial charge in [0.25, 0.3) is 0 Å². The molecule has 1 aromatic carbocycles. The maximum atomic E-state index is 5.50. The molecule has 0 radical (unpaired) electrons. The van der Waals surface area contributed by atoms with Crippen LogP contribution in [0.5, 0.6) is 0 Å². The second-order valence-corrected chi connectivity index (χ2v) is 5.82. The van der Waals surface area contributed by atoms with E-state index in [2.05, 4.69) is 52.8 Å². The standard InChI is InChI=1S/C16H21N5/c1-10(2)12-4-3-5-13(8-12)18-14-9-15(21-17)20-16(19-14)11-6-7-11/h3-5,8-11H,6-7,17H2,1-2H3,(H2,18,19,20,21). The maximum Gasteiger partial charge on any atom is 0.145 e. The van der Waals surface area contributed by atoms with Crippen LogP contribution in [0.15, 0.2) is 30.3 Å². The lowest BCUT2D eigenvalue weighted by Gasteiger charge is -2.11. The predicted octanol–water partition coefficient (Wildman–Crippen LogP) is 3.51. The highest BCUT2D eigenvalue weighted by molar-refractivity contribution is 5.60. The monoisotopic (exact) mass is 283 g/mol. The molecule has 21 heavy (non-hydrogen) atoms. The zero-order chi connectivity index (χ0) is 14.8. The molecule has 110 valence electrons. The second-order valence-electron chi connectivity index (χ2n) is 5.82. The molecule has 1 aliphatic carbocycles. The minimum absolute atomic E-state index is 0.487. The summed E-state index contributed by atoms with van der Waals surface area (Å²) < 4.78 is 0. The van der Waals surface area contributed by atoms with Crippen LogP contribution in [0.1, 0.15) is 49.9 Å². The van der Waals surface area contributed by atoms with Gasteiger partial charge in [0.1, 0.15) is 17.5 Å². The number of nitrogen functional groups attached to an aromatic ring is 1. The fraction of sp³-hybridized carbons (Fsp3) is 0.375. The summed E-state index contributed by atoms with van der Waals surface area (Å²) in [5, 5.41) is 3.35. The topological polar surface area (TPSA) is 75.9 Å². The molecule has 1 aromatic heterocycles. The molecular weight excluding hydrogens is 262 g/mol. The van der Waals surface area contributed by atoms with Crippen LogP contribution >= 0.6 is 0 Å². The van der Waals surface area contributed by atoms with Crippen molar-refractivity contribution in [3.05, 3.63) is 41.7 Å². The minimum Gasteiger partial charge on any atom is -0.340 e. The summed E-state index contributed by atoms with van der Waals surface area (Å²) >= 11 is 0. The summed E-state index contributed by atoms with van der Waals surface area (Å²) in [5.41, 5.74) is 4.95. The van der Waals surface area contributed by atoms with Crippen molar-refractivity contribution in [1.29, 1.82) is 0 Å². The first kappa shape index (κ1) is 13.8. The summed E-state index contributed by atoms with van der Waals surface area (Å²) in [4.78, 5) is 9.01. The van der Waals surface area contributed by atoms with E-state index in [9.17, 15) is 0 Å². The molecule has 0 amide bonds. The van der Waals surface area contributed by atoms with E-state index in [-0.39, 0.29) is 0 Å². The lowest BCUT2D eigenvalue weighted by molar-refractivity contribution is 0.867. The quantitative estimate of drug-likeness (QED) is 0.578. The number of nitrogens with two attached hydrogens (primary N) is 1. The molecule has 1 saturated carbocycles. The summed E-state index contributed by atoms with van der Waals surface area (Å²) in [5.74, 6) is 8.78. The van der Waals surface area contributed by atoms with Crippen LogP contribution in [0.2, 0.25) is 0 Å². The van der Waals surface area contributed by atoms with Crippen LogP contribution in [0.25, 0.3) is 0 Å². The van der Waals surface area contributed by atoms with Crippen molar-refractivity contribution in [3.8, 4) is 0 Å². The van der Waals surface area contributed by atoms with E-state index in [0.29, 0.717) is 17.7 Å². The van der Waals surface area contributed by atoms with Gasteiger partial charge in [0.05, 0.1) is 0 Å². The van der Waals surface area contributed by atoms with Crippen molar-refractivity contribution in [2.45, 2.75) is 38.5 Å². The lowest BCUT2D eigenvalue weighted by atomic mass is 10.0. The van der Waals surface area contributed by atoms with Gasteiger partial charge in [-0.1, -0.05) is 26.0 Å². The highest BCUT2D eigenvalue weighted by atomic mass is 15.3. The Bertz CT molecular complexity index is 634. The van der Waals surface area contributed by atoms with Crippen LogP contribution in [0, 0.1) is 0 Å². The SMILES string of the molecule is CC(C)c1cccc(Nc2cc(NN)nc(C3CC3)n2)c1. The highest BCUT2D eigenvalue weighted by Crippen LogP contribution is 2.39. The molecule has 1 aliphatic rings. The first-order chi connectivity index (χ1) is 10.2. The Labute approximate surface area is 125 Å². The molecule has 1 heterocycles. The molecule has 0 atom stereocenters. The van der Waals surface area contributed by atoms with Crippen LogP contribution in [-0.4, -0.2) is 9.97 Å². The van der Waals surface area contributed by atoms with Gasteiger partial charge in [0.15, 0.2) is 0 Å². The number of hydrogen-bond acceptors (Lipinski definition) is 5. The minimum atomic E-state index is 0.487. The normalized spacial score (nSPS) is 14.3. The molecule has 4 N–H and O–H groups in total. The number of hydrazine groups is 1. The molecule has 0 saturated heterocycles. The molecular formula is C16H21N5. The van der Waals surface area contributed by atoms with Gasteiger partial charge in [0.2, 0.25) is 0 Å². The lowest BCUT2D eigenvalue weighted by Crippen LogP contribution is -2.11. The van der Waals surface area contributed by atoms with E-state index in [4.69, 9.17) is 5.84 Å². The van der Waals surface area contributed by atoms with Gasteiger partial charge in [0, 0.05) is 17.7 Å². The zero-order valence-corrected chi connectivity index (χ0v) is 12.4. The number of nitrogens with zero attached hydrogens (tertiary/aromatic N) is 2. The summed E-state index contributed by atoms with van der Waals surface area (Å²) in [6, 6.07) is 10.2. The van der Waals surface area contributed by atoms with Crippen LogP contribution < -0.4 is 16.6 Å². The molecule has 2 aromatic rings. The number of rotatable bonds is 5. The Morgan fingerprint density at radius 3 is 2.57 bits per heavy atom. The average molecular weight is 283 g/mol. The van der Waals surface area contributed by atoms with E-state index in [1.54, 1.807) is 0 Å². The van der Waals surface area contributed by atoms with Crippen molar-refractivity contribution in [2.75, 3.05) is 10.7 Å². The summed E-state index contributed by atoms with van der Waals surface area (Å²) in [6.07, 6.45) is 2.33. The first-order valence-corrected chi connectivity index (χ1v) is 7.38. The fourth-order valence-corrected chi connectivity index (χ4v) is 2.25. The number of aromatic nitrogens is 2. The number of nitrogens with one attached hydrogen (secondary N) is 2. The van der Waals surface area contributed by atoms with Gasteiger partial charge in [-0.05, 0) is 36.5 Å². The van der Waals surface area contributed by atoms with Gasteiger partial charge < -0.3 is 10.7 Å². The number of hydrogen-bond donors (Lipinski definition) is 3. The third-order valence-electron chi connectivity index (χ3n) is 3.66. The van der Waals surface area contributed by atoms with Crippen molar-refractivity contribution in [1.82, 2.24) is 9.97 Å². The van der Waals surface area contributed by atoms with Crippen LogP contribution in [0.4, 0.5) is 17.3 Å². The smallest absolute Gasteiger partial charge is 0.145 e. The molecule has 0 bridgehead atoms. The predicted molar refractivity (Wildman–Crippen MR) is 85.6 cm³/mol. The first-order valence-electron chi connectivity index (χ1n) is 7.38. The van der Waals surface area contributed by atoms with Crippen molar-refractivity contribution in [2.24, 2.45) is 5.84 Å². The van der Waals surface area contributed by atoms with Gasteiger partial charge in [-0.25, -0.2) is 15.8 Å². The number of benzene rings is 1. The Hall–Kier alpha value is -2.14. The summed E-state index contributed by atoms with van der Waals surface area (Å²) in [6.45, 7) is 4.37. The molecule has 0 aliphatic heterocycles. The number of anilines is 3. The summed E-state index contributed by atoms with van der Waals surface area (Å²) in [7, 11) is 0. The van der Waals surface area contributed by atoms with Gasteiger partial charge >= 0.3 is 0 Å². The van der Waals surface area contributed by atoms with E-state index in [1.807, 2.05) is 12.1 Å². The Kier molecular flexibility index (Phi) is 3.75. The van der Waals surface area contributed by atoms with E-state index >= 15 is 0 Å². The Balaban J connectivity index is 1.86. The van der Waals surface area contributed by atoms with Gasteiger partial charge in [-0.2, -0.15) is 0 Å². The Morgan fingerprint density at radius 2 is 1.90 bits per heavy atom. The van der Waals surface area contributed by atoms with Crippen molar-refractivity contribution in [3.63, 3.8) is 0 Å². The largest absolute Gasteiger partial charge is 0.340 e. The molecule has 1 fully saturated rings. The highest BCUT2D eigenvalue weighted by Gasteiger charge is 2.27. The van der Waals surface area contributed by atoms with E-state index in [0.717, 1.165) is 30.2 Å². The van der Waals surface area contributed by atoms with Crippen LogP contribution in [0.3, 0.4) is 0 Å². The molecule has 0 unspecified atom stereocenters. The van der Waals surface area contributed by atoms with Gasteiger partial charge in [-0.3, -0.25) is 0 Å².